The van der Waals surface area contributed by atoms with Crippen LogP contribution in [-0.2, 0) is 0 Å². The first-order valence-electron chi connectivity index (χ1n) is 5.71. The summed E-state index contributed by atoms with van der Waals surface area (Å²) in [5.74, 6) is 1.51. The number of carbonyl (C=O) groups excluding carboxylic acids is 1. The lowest BCUT2D eigenvalue weighted by Gasteiger charge is -2.10. The Balaban J connectivity index is 2.62. The molecule has 5 nitrogen and oxygen atoms in total. The van der Waals surface area contributed by atoms with E-state index in [1.165, 1.54) is 0 Å². The molecule has 0 bridgehead atoms. The molecular weight excluding hydrogens is 244 g/mol. The minimum atomic E-state index is 0.153. The van der Waals surface area contributed by atoms with Crippen molar-refractivity contribution in [2.45, 2.75) is 6.92 Å². The number of aryl methyl sites for hydroxylation is 1. The fraction of sp³-hybridized carbons (Fsp3) is 0.214. The molecule has 0 fully saturated rings. The van der Waals surface area contributed by atoms with E-state index in [-0.39, 0.29) is 5.82 Å². The van der Waals surface area contributed by atoms with E-state index in [0.29, 0.717) is 23.5 Å². The summed E-state index contributed by atoms with van der Waals surface area (Å²) >= 11 is 0. The van der Waals surface area contributed by atoms with Gasteiger partial charge in [0.1, 0.15) is 11.5 Å². The van der Waals surface area contributed by atoms with Gasteiger partial charge in [-0.05, 0) is 31.2 Å². The van der Waals surface area contributed by atoms with Crippen molar-refractivity contribution < 1.29 is 14.3 Å². The predicted molar refractivity (Wildman–Crippen MR) is 70.7 cm³/mol. The van der Waals surface area contributed by atoms with E-state index in [9.17, 15) is 4.79 Å². The maximum absolute atomic E-state index is 10.8. The normalized spacial score (nSPS) is 10.1. The van der Waals surface area contributed by atoms with Crippen LogP contribution in [0.4, 0.5) is 0 Å². The molecular formula is C14H14N2O3. The van der Waals surface area contributed by atoms with Crippen molar-refractivity contribution in [1.82, 2.24) is 9.97 Å². The zero-order valence-corrected chi connectivity index (χ0v) is 11.0. The van der Waals surface area contributed by atoms with Gasteiger partial charge in [0.05, 0.1) is 19.9 Å². The van der Waals surface area contributed by atoms with Gasteiger partial charge in [-0.25, -0.2) is 9.97 Å². The van der Waals surface area contributed by atoms with Crippen molar-refractivity contribution >= 4 is 6.29 Å². The molecule has 0 spiro atoms. The van der Waals surface area contributed by atoms with Crippen LogP contribution < -0.4 is 9.47 Å². The summed E-state index contributed by atoms with van der Waals surface area (Å²) in [4.78, 5) is 19.1. The minimum Gasteiger partial charge on any atom is -0.497 e. The van der Waals surface area contributed by atoms with Gasteiger partial charge in [0.15, 0.2) is 12.1 Å². The third-order valence-corrected chi connectivity index (χ3v) is 2.66. The number of nitrogens with zero attached hydrogens (tertiary/aromatic N) is 2. The molecule has 19 heavy (non-hydrogen) atoms. The van der Waals surface area contributed by atoms with Crippen molar-refractivity contribution in [3.8, 4) is 22.8 Å². The van der Waals surface area contributed by atoms with E-state index in [0.717, 1.165) is 11.3 Å². The van der Waals surface area contributed by atoms with Crippen LogP contribution in [0.1, 0.15) is 16.3 Å². The van der Waals surface area contributed by atoms with Crippen LogP contribution >= 0.6 is 0 Å². The lowest BCUT2D eigenvalue weighted by Crippen LogP contribution is -1.99. The summed E-state index contributed by atoms with van der Waals surface area (Å²) in [6, 6.07) is 7.21. The third-order valence-electron chi connectivity index (χ3n) is 2.66. The zero-order valence-electron chi connectivity index (χ0n) is 11.0. The third kappa shape index (κ3) is 2.70. The number of ether oxygens (including phenoxy) is 2. The largest absolute Gasteiger partial charge is 0.497 e. The smallest absolute Gasteiger partial charge is 0.193 e. The molecule has 0 aliphatic heterocycles. The Morgan fingerprint density at radius 1 is 1.11 bits per heavy atom. The first kappa shape index (κ1) is 13.0. The minimum absolute atomic E-state index is 0.153. The van der Waals surface area contributed by atoms with Gasteiger partial charge in [-0.2, -0.15) is 0 Å². The Hall–Kier alpha value is -2.43. The Kier molecular flexibility index (Phi) is 3.75. The highest BCUT2D eigenvalue weighted by Gasteiger charge is 2.11. The summed E-state index contributed by atoms with van der Waals surface area (Å²) in [5.41, 5.74) is 2.11. The molecule has 1 aromatic heterocycles. The molecule has 5 heteroatoms. The van der Waals surface area contributed by atoms with E-state index >= 15 is 0 Å². The first-order chi connectivity index (χ1) is 9.17. The average molecular weight is 258 g/mol. The maximum atomic E-state index is 10.8. The molecule has 2 aromatic rings. The second-order valence-corrected chi connectivity index (χ2v) is 3.94. The highest BCUT2D eigenvalue weighted by Crippen LogP contribution is 2.32. The van der Waals surface area contributed by atoms with Crippen LogP contribution in [0.5, 0.6) is 11.5 Å². The molecule has 0 saturated heterocycles. The summed E-state index contributed by atoms with van der Waals surface area (Å²) in [7, 11) is 3.17. The number of methoxy groups -OCH3 is 2. The fourth-order valence-electron chi connectivity index (χ4n) is 1.80. The number of hydrogen-bond acceptors (Lipinski definition) is 5. The van der Waals surface area contributed by atoms with Crippen LogP contribution in [0, 0.1) is 6.92 Å². The second-order valence-electron chi connectivity index (χ2n) is 3.94. The van der Waals surface area contributed by atoms with Gasteiger partial charge < -0.3 is 9.47 Å². The molecule has 0 radical (unpaired) electrons. The Morgan fingerprint density at radius 2 is 1.89 bits per heavy atom. The molecule has 2 rings (SSSR count). The highest BCUT2D eigenvalue weighted by atomic mass is 16.5. The number of hydrogen-bond donors (Lipinski definition) is 0. The molecule has 0 atom stereocenters. The number of carbonyl (C=O) groups is 1. The summed E-state index contributed by atoms with van der Waals surface area (Å²) in [6.07, 6.45) is 0.628. The van der Waals surface area contributed by atoms with E-state index in [2.05, 4.69) is 9.97 Å². The topological polar surface area (TPSA) is 61.3 Å². The monoisotopic (exact) mass is 258 g/mol. The van der Waals surface area contributed by atoms with Crippen LogP contribution in [0.25, 0.3) is 11.3 Å². The van der Waals surface area contributed by atoms with Crippen molar-refractivity contribution in [2.24, 2.45) is 0 Å². The highest BCUT2D eigenvalue weighted by molar-refractivity contribution is 5.74. The fourth-order valence-corrected chi connectivity index (χ4v) is 1.80. The van der Waals surface area contributed by atoms with Crippen molar-refractivity contribution in [3.05, 3.63) is 35.8 Å². The van der Waals surface area contributed by atoms with E-state index in [1.807, 2.05) is 13.0 Å². The van der Waals surface area contributed by atoms with Crippen LogP contribution in [0.15, 0.2) is 24.3 Å². The predicted octanol–water partition coefficient (Wildman–Crippen LogP) is 2.28. The van der Waals surface area contributed by atoms with Crippen LogP contribution in [-0.4, -0.2) is 30.5 Å². The zero-order chi connectivity index (χ0) is 13.8. The van der Waals surface area contributed by atoms with Gasteiger partial charge in [0, 0.05) is 11.3 Å². The standard InChI is InChI=1S/C14H14N2O3/c1-9-6-12(16-14(8-17)15-9)11-7-10(18-2)4-5-13(11)19-3/h4-8H,1-3H3. The first-order valence-corrected chi connectivity index (χ1v) is 5.71. The van der Waals surface area contributed by atoms with Gasteiger partial charge in [0.2, 0.25) is 0 Å². The molecule has 0 aliphatic carbocycles. The summed E-state index contributed by atoms with van der Waals surface area (Å²) in [5, 5.41) is 0. The molecule has 0 N–H and O–H groups in total. The van der Waals surface area contributed by atoms with Crippen LogP contribution in [0.2, 0.25) is 0 Å². The number of aldehydes is 1. The summed E-state index contributed by atoms with van der Waals surface area (Å²) < 4.78 is 10.5. The molecule has 0 unspecified atom stereocenters. The Bertz CT molecular complexity index is 612. The van der Waals surface area contributed by atoms with Crippen molar-refractivity contribution in [3.63, 3.8) is 0 Å². The van der Waals surface area contributed by atoms with E-state index in [4.69, 9.17) is 9.47 Å². The van der Waals surface area contributed by atoms with Gasteiger partial charge in [-0.1, -0.05) is 0 Å². The molecule has 0 amide bonds. The quantitative estimate of drug-likeness (QED) is 0.787. The molecule has 1 heterocycles. The number of benzene rings is 1. The van der Waals surface area contributed by atoms with Crippen LogP contribution in [0.3, 0.4) is 0 Å². The molecule has 0 saturated carbocycles. The molecule has 98 valence electrons. The van der Waals surface area contributed by atoms with Crippen molar-refractivity contribution in [1.29, 1.82) is 0 Å². The van der Waals surface area contributed by atoms with Gasteiger partial charge in [-0.3, -0.25) is 4.79 Å². The number of rotatable bonds is 4. The Labute approximate surface area is 111 Å². The lowest BCUT2D eigenvalue weighted by molar-refractivity contribution is 0.111. The molecule has 1 aromatic carbocycles. The van der Waals surface area contributed by atoms with E-state index in [1.54, 1.807) is 32.4 Å². The lowest BCUT2D eigenvalue weighted by atomic mass is 10.1. The maximum Gasteiger partial charge on any atom is 0.193 e. The number of aromatic nitrogens is 2. The van der Waals surface area contributed by atoms with Gasteiger partial charge in [0.25, 0.3) is 0 Å². The van der Waals surface area contributed by atoms with Gasteiger partial charge in [-0.15, -0.1) is 0 Å². The molecule has 0 aliphatic rings. The average Bonchev–Trinajstić information content (AvgIpc) is 2.45. The SMILES string of the molecule is COc1ccc(OC)c(-c2cc(C)nc(C=O)n2)c1. The second kappa shape index (κ2) is 5.48. The van der Waals surface area contributed by atoms with Gasteiger partial charge >= 0.3 is 0 Å². The Morgan fingerprint density at radius 3 is 2.53 bits per heavy atom. The summed E-state index contributed by atoms with van der Waals surface area (Å²) in [6.45, 7) is 1.81. The van der Waals surface area contributed by atoms with Crippen molar-refractivity contribution in [2.75, 3.05) is 14.2 Å². The van der Waals surface area contributed by atoms with E-state index < -0.39 is 0 Å².